The van der Waals surface area contributed by atoms with Gasteiger partial charge in [0.15, 0.2) is 5.16 Å². The van der Waals surface area contributed by atoms with E-state index in [-0.39, 0.29) is 17.7 Å². The van der Waals surface area contributed by atoms with E-state index in [0.29, 0.717) is 10.9 Å². The van der Waals surface area contributed by atoms with E-state index in [1.807, 2.05) is 0 Å². The fraction of sp³-hybridized carbons (Fsp3) is 0.267. The number of thioether (sulfide) groups is 1. The summed E-state index contributed by atoms with van der Waals surface area (Å²) < 4.78 is 40.2. The maximum atomic E-state index is 12.9. The summed E-state index contributed by atoms with van der Waals surface area (Å²) in [4.78, 5) is 28.1. The van der Waals surface area contributed by atoms with E-state index < -0.39 is 23.7 Å². The van der Waals surface area contributed by atoms with Crippen LogP contribution in [-0.4, -0.2) is 21.2 Å². The van der Waals surface area contributed by atoms with Crippen LogP contribution in [0.4, 0.5) is 18.9 Å². The van der Waals surface area contributed by atoms with Crippen LogP contribution in [0, 0.1) is 0 Å². The van der Waals surface area contributed by atoms with Crippen LogP contribution in [0.25, 0.3) is 0 Å². The molecule has 3 rings (SSSR count). The summed E-state index contributed by atoms with van der Waals surface area (Å²) >= 11 is 1.34. The lowest BCUT2D eigenvalue weighted by Gasteiger charge is -2.16. The number of nitrogens with zero attached hydrogens (tertiary/aromatic N) is 2. The molecule has 1 aromatic heterocycles. The number of hydrogen-bond donors (Lipinski definition) is 1. The number of fused-ring (bicyclic) bond motifs is 1. The van der Waals surface area contributed by atoms with Crippen molar-refractivity contribution in [3.63, 3.8) is 0 Å². The number of carbonyl (C=O) groups is 1. The smallest absolute Gasteiger partial charge is 0.325 e. The van der Waals surface area contributed by atoms with Crippen molar-refractivity contribution in [2.24, 2.45) is 0 Å². The zero-order valence-corrected chi connectivity index (χ0v) is 13.0. The first-order valence-corrected chi connectivity index (χ1v) is 8.01. The molecule has 0 saturated heterocycles. The van der Waals surface area contributed by atoms with Crippen molar-refractivity contribution in [3.05, 3.63) is 52.4 Å². The van der Waals surface area contributed by atoms with Crippen LogP contribution >= 0.6 is 11.8 Å². The van der Waals surface area contributed by atoms with E-state index in [2.05, 4.69) is 10.3 Å². The number of aromatic nitrogens is 2. The molecule has 2 aromatic rings. The number of carbonyl (C=O) groups excluding carboxylic acids is 1. The van der Waals surface area contributed by atoms with Crippen LogP contribution in [-0.2, 0) is 11.0 Å². The number of rotatable bonds is 3. The van der Waals surface area contributed by atoms with E-state index in [4.69, 9.17) is 0 Å². The molecule has 9 heteroatoms. The molecule has 1 aliphatic rings. The molecule has 0 saturated carbocycles. The lowest BCUT2D eigenvalue weighted by Crippen LogP contribution is -2.27. The number of anilines is 1. The number of amides is 1. The van der Waals surface area contributed by atoms with Gasteiger partial charge in [0, 0.05) is 24.4 Å². The molecule has 0 bridgehead atoms. The Morgan fingerprint density at radius 1 is 1.33 bits per heavy atom. The van der Waals surface area contributed by atoms with Crippen molar-refractivity contribution in [1.29, 1.82) is 0 Å². The summed E-state index contributed by atoms with van der Waals surface area (Å²) in [6.45, 7) is 0. The molecule has 0 spiro atoms. The molecule has 1 amide bonds. The van der Waals surface area contributed by atoms with Crippen molar-refractivity contribution >= 4 is 23.4 Å². The Kier molecular flexibility index (Phi) is 4.35. The minimum absolute atomic E-state index is 0.0994. The molecule has 0 radical (unpaired) electrons. The lowest BCUT2D eigenvalue weighted by atomic mass is 10.1. The van der Waals surface area contributed by atoms with Gasteiger partial charge in [0.25, 0.3) is 5.56 Å². The Hall–Kier alpha value is -2.29. The van der Waals surface area contributed by atoms with E-state index >= 15 is 0 Å². The number of nitrogens with one attached hydrogen (secondary N) is 1. The van der Waals surface area contributed by atoms with Gasteiger partial charge < -0.3 is 5.32 Å². The van der Waals surface area contributed by atoms with E-state index in [9.17, 15) is 22.8 Å². The molecule has 1 aliphatic heterocycles. The third kappa shape index (κ3) is 3.30. The highest BCUT2D eigenvalue weighted by Gasteiger charge is 2.34. The van der Waals surface area contributed by atoms with Crippen molar-refractivity contribution in [3.8, 4) is 0 Å². The minimum atomic E-state index is -4.56. The fourth-order valence-corrected chi connectivity index (χ4v) is 3.62. The molecule has 2 heterocycles. The Labute approximate surface area is 138 Å². The second-order valence-corrected chi connectivity index (χ2v) is 6.18. The maximum absolute atomic E-state index is 12.9. The van der Waals surface area contributed by atoms with Crippen molar-refractivity contribution in [1.82, 2.24) is 9.55 Å². The summed E-state index contributed by atoms with van der Waals surface area (Å²) in [7, 11) is 0. The molecule has 126 valence electrons. The molecule has 24 heavy (non-hydrogen) atoms. The van der Waals surface area contributed by atoms with Crippen LogP contribution in [0.3, 0.4) is 0 Å². The summed E-state index contributed by atoms with van der Waals surface area (Å²) in [5, 5.41) is 2.80. The molecule has 1 aromatic carbocycles. The van der Waals surface area contributed by atoms with Gasteiger partial charge in [-0.2, -0.15) is 13.2 Å². The molecule has 0 aliphatic carbocycles. The molecule has 0 fully saturated rings. The van der Waals surface area contributed by atoms with Gasteiger partial charge in [-0.1, -0.05) is 23.9 Å². The van der Waals surface area contributed by atoms with Crippen molar-refractivity contribution in [2.75, 3.05) is 11.1 Å². The van der Waals surface area contributed by atoms with Gasteiger partial charge in [0.1, 0.15) is 0 Å². The standard InChI is InChI=1S/C15H12F3N3O2S/c16-15(17,18)10-3-1-2-4-11(10)20-12(22)7-9-8-24-14-19-6-5-13(23)21(9)14/h1-6,9H,7-8H2,(H,20,22). The quantitative estimate of drug-likeness (QED) is 0.860. The Bertz CT molecular complexity index is 835. The van der Waals surface area contributed by atoms with Crippen molar-refractivity contribution in [2.45, 2.75) is 23.8 Å². The second kappa shape index (κ2) is 6.31. The monoisotopic (exact) mass is 355 g/mol. The molecular formula is C15H12F3N3O2S. The second-order valence-electron chi connectivity index (χ2n) is 5.20. The van der Waals surface area contributed by atoms with Crippen LogP contribution in [0.15, 0.2) is 46.5 Å². The third-order valence-electron chi connectivity index (χ3n) is 3.54. The average Bonchev–Trinajstić information content (AvgIpc) is 2.91. The van der Waals surface area contributed by atoms with Crippen LogP contribution in [0.1, 0.15) is 18.0 Å². The highest BCUT2D eigenvalue weighted by Crippen LogP contribution is 2.35. The summed E-state index contributed by atoms with van der Waals surface area (Å²) in [6, 6.07) is 5.65. The SMILES string of the molecule is O=C(CC1CSc2nccc(=O)n21)Nc1ccccc1C(F)(F)F. The molecule has 1 N–H and O–H groups in total. The number of alkyl halides is 3. The highest BCUT2D eigenvalue weighted by atomic mass is 32.2. The van der Waals surface area contributed by atoms with Crippen LogP contribution in [0.2, 0.25) is 0 Å². The highest BCUT2D eigenvalue weighted by molar-refractivity contribution is 7.99. The van der Waals surface area contributed by atoms with Gasteiger partial charge in [-0.25, -0.2) is 4.98 Å². The first-order chi connectivity index (χ1) is 11.4. The average molecular weight is 355 g/mol. The zero-order chi connectivity index (χ0) is 17.3. The lowest BCUT2D eigenvalue weighted by molar-refractivity contribution is -0.137. The molecule has 1 atom stereocenters. The molecular weight excluding hydrogens is 343 g/mol. The first kappa shape index (κ1) is 16.6. The topological polar surface area (TPSA) is 64.0 Å². The van der Waals surface area contributed by atoms with Gasteiger partial charge in [0.2, 0.25) is 5.91 Å². The van der Waals surface area contributed by atoms with Crippen molar-refractivity contribution < 1.29 is 18.0 Å². The van der Waals surface area contributed by atoms with E-state index in [1.165, 1.54) is 46.8 Å². The first-order valence-electron chi connectivity index (χ1n) is 7.02. The van der Waals surface area contributed by atoms with Crippen LogP contribution in [0.5, 0.6) is 0 Å². The zero-order valence-electron chi connectivity index (χ0n) is 12.2. The largest absolute Gasteiger partial charge is 0.418 e. The Morgan fingerprint density at radius 2 is 2.08 bits per heavy atom. The Morgan fingerprint density at radius 3 is 2.83 bits per heavy atom. The van der Waals surface area contributed by atoms with Crippen LogP contribution < -0.4 is 10.9 Å². The third-order valence-corrected chi connectivity index (χ3v) is 4.65. The van der Waals surface area contributed by atoms with E-state index in [0.717, 1.165) is 6.07 Å². The van der Waals surface area contributed by atoms with Gasteiger partial charge in [-0.05, 0) is 12.1 Å². The van der Waals surface area contributed by atoms with Gasteiger partial charge >= 0.3 is 6.18 Å². The molecule has 1 unspecified atom stereocenters. The number of benzene rings is 1. The summed E-state index contributed by atoms with van der Waals surface area (Å²) in [5.41, 5.74) is -1.48. The Balaban J connectivity index is 1.76. The number of halogens is 3. The maximum Gasteiger partial charge on any atom is 0.418 e. The summed E-state index contributed by atoms with van der Waals surface area (Å²) in [5.74, 6) is -0.110. The minimum Gasteiger partial charge on any atom is -0.325 e. The van der Waals surface area contributed by atoms with Gasteiger partial charge in [-0.15, -0.1) is 0 Å². The number of para-hydroxylation sites is 1. The predicted octanol–water partition coefficient (Wildman–Crippen LogP) is 2.94. The number of hydrogen-bond acceptors (Lipinski definition) is 4. The molecule has 5 nitrogen and oxygen atoms in total. The van der Waals surface area contributed by atoms with Gasteiger partial charge in [0.05, 0.1) is 17.3 Å². The predicted molar refractivity (Wildman–Crippen MR) is 82.9 cm³/mol. The fourth-order valence-electron chi connectivity index (χ4n) is 2.49. The van der Waals surface area contributed by atoms with Gasteiger partial charge in [-0.3, -0.25) is 14.2 Å². The summed E-state index contributed by atoms with van der Waals surface area (Å²) in [6.07, 6.45) is -3.26. The van der Waals surface area contributed by atoms with E-state index in [1.54, 1.807) is 0 Å². The normalized spacial score (nSPS) is 16.7.